The van der Waals surface area contributed by atoms with Crippen molar-refractivity contribution in [1.29, 1.82) is 0 Å². The molecule has 0 unspecified atom stereocenters. The molecule has 0 atom stereocenters. The van der Waals surface area contributed by atoms with E-state index in [1.807, 2.05) is 6.07 Å². The second-order valence-electron chi connectivity index (χ2n) is 4.07. The first-order valence-corrected chi connectivity index (χ1v) is 6.37. The summed E-state index contributed by atoms with van der Waals surface area (Å²) < 4.78 is 7.59. The molecule has 1 heterocycles. The van der Waals surface area contributed by atoms with Crippen LogP contribution in [0.25, 0.3) is 0 Å². The quantitative estimate of drug-likeness (QED) is 0.912. The number of hydrogen-bond acceptors (Lipinski definition) is 3. The van der Waals surface area contributed by atoms with Gasteiger partial charge < -0.3 is 20.4 Å². The lowest BCUT2D eigenvalue weighted by atomic mass is 10.3. The van der Waals surface area contributed by atoms with Gasteiger partial charge in [-0.05, 0) is 34.1 Å². The molecule has 1 aromatic carbocycles. The molecule has 1 amide bonds. The lowest BCUT2D eigenvalue weighted by Gasteiger charge is -2.09. The third kappa shape index (κ3) is 2.90. The smallest absolute Gasteiger partial charge is 0.272 e. The van der Waals surface area contributed by atoms with Gasteiger partial charge in [0.1, 0.15) is 11.4 Å². The maximum Gasteiger partial charge on any atom is 0.272 e. The Kier molecular flexibility index (Phi) is 3.80. The van der Waals surface area contributed by atoms with Gasteiger partial charge >= 0.3 is 0 Å². The van der Waals surface area contributed by atoms with Gasteiger partial charge in [-0.25, -0.2) is 0 Å². The molecule has 0 radical (unpaired) electrons. The molecule has 1 aromatic heterocycles. The molecule has 0 aliphatic carbocycles. The Balaban J connectivity index is 2.26. The molecule has 0 bridgehead atoms. The summed E-state index contributed by atoms with van der Waals surface area (Å²) in [6, 6.07) is 6.99. The van der Waals surface area contributed by atoms with Crippen molar-refractivity contribution < 1.29 is 9.53 Å². The maximum absolute atomic E-state index is 12.2. The monoisotopic (exact) mass is 323 g/mol. The number of carbonyl (C=O) groups excluding carboxylic acids is 1. The molecule has 3 N–H and O–H groups in total. The molecule has 2 rings (SSSR count). The van der Waals surface area contributed by atoms with Gasteiger partial charge in [0.2, 0.25) is 0 Å². The highest BCUT2D eigenvalue weighted by Gasteiger charge is 2.13. The van der Waals surface area contributed by atoms with Crippen LogP contribution in [-0.4, -0.2) is 17.6 Å². The number of hydrogen-bond donors (Lipinski definition) is 2. The van der Waals surface area contributed by atoms with E-state index in [1.165, 1.54) is 0 Å². The zero-order valence-electron chi connectivity index (χ0n) is 10.6. The predicted molar refractivity (Wildman–Crippen MR) is 78.5 cm³/mol. The van der Waals surface area contributed by atoms with Crippen LogP contribution in [0.4, 0.5) is 11.4 Å². The van der Waals surface area contributed by atoms with Crippen molar-refractivity contribution in [2.75, 3.05) is 18.2 Å². The van der Waals surface area contributed by atoms with Gasteiger partial charge in [-0.15, -0.1) is 0 Å². The highest BCUT2D eigenvalue weighted by atomic mass is 79.9. The molecule has 2 aromatic rings. The topological polar surface area (TPSA) is 69.3 Å². The molecule has 0 saturated carbocycles. The van der Waals surface area contributed by atoms with Crippen molar-refractivity contribution in [1.82, 2.24) is 4.57 Å². The first-order chi connectivity index (χ1) is 9.01. The number of ether oxygens (including phenoxy) is 1. The van der Waals surface area contributed by atoms with Crippen molar-refractivity contribution in [3.63, 3.8) is 0 Å². The van der Waals surface area contributed by atoms with Gasteiger partial charge in [-0.1, -0.05) is 0 Å². The minimum absolute atomic E-state index is 0.229. The number of rotatable bonds is 3. The number of nitrogens with one attached hydrogen (secondary N) is 1. The van der Waals surface area contributed by atoms with Crippen molar-refractivity contribution >= 4 is 33.2 Å². The lowest BCUT2D eigenvalue weighted by molar-refractivity contribution is 0.101. The summed E-state index contributed by atoms with van der Waals surface area (Å²) in [6.45, 7) is 0. The first-order valence-electron chi connectivity index (χ1n) is 5.58. The molecule has 0 spiro atoms. The third-order valence-corrected chi connectivity index (χ3v) is 3.37. The number of nitrogen functional groups attached to an aromatic ring is 1. The van der Waals surface area contributed by atoms with E-state index in [1.54, 1.807) is 43.1 Å². The summed E-state index contributed by atoms with van der Waals surface area (Å²) in [4.78, 5) is 12.2. The Morgan fingerprint density at radius 2 is 2.16 bits per heavy atom. The van der Waals surface area contributed by atoms with Gasteiger partial charge in [-0.3, -0.25) is 4.79 Å². The number of halogens is 1. The van der Waals surface area contributed by atoms with E-state index >= 15 is 0 Å². The Morgan fingerprint density at radius 3 is 2.74 bits per heavy atom. The number of anilines is 2. The lowest BCUT2D eigenvalue weighted by Crippen LogP contribution is -2.15. The summed E-state index contributed by atoms with van der Waals surface area (Å²) in [5.74, 6) is 0.443. The second kappa shape index (κ2) is 5.36. The van der Waals surface area contributed by atoms with E-state index in [9.17, 15) is 4.79 Å². The minimum Gasteiger partial charge on any atom is -0.497 e. The number of nitrogens with two attached hydrogens (primary N) is 1. The fourth-order valence-electron chi connectivity index (χ4n) is 1.73. The standard InChI is InChI=1S/C13H14BrN3O2/c1-17-7-8(15)5-12(17)13(18)16-11-6-9(19-2)3-4-10(11)14/h3-7H,15H2,1-2H3,(H,16,18). The van der Waals surface area contributed by atoms with Gasteiger partial charge in [-0.2, -0.15) is 0 Å². The third-order valence-electron chi connectivity index (χ3n) is 2.68. The van der Waals surface area contributed by atoms with Crippen LogP contribution in [0.2, 0.25) is 0 Å². The van der Waals surface area contributed by atoms with E-state index in [0.717, 1.165) is 4.47 Å². The van der Waals surface area contributed by atoms with Crippen LogP contribution in [0.5, 0.6) is 5.75 Å². The zero-order valence-corrected chi connectivity index (χ0v) is 12.2. The number of amides is 1. The summed E-state index contributed by atoms with van der Waals surface area (Å²) in [5.41, 5.74) is 7.34. The number of aryl methyl sites for hydroxylation is 1. The fraction of sp³-hybridized carbons (Fsp3) is 0.154. The van der Waals surface area contributed by atoms with Crippen LogP contribution >= 0.6 is 15.9 Å². The number of nitrogens with zero attached hydrogens (tertiary/aromatic N) is 1. The number of benzene rings is 1. The summed E-state index contributed by atoms with van der Waals surface area (Å²) >= 11 is 3.38. The van der Waals surface area contributed by atoms with Gasteiger partial charge in [0.05, 0.1) is 18.5 Å². The fourth-order valence-corrected chi connectivity index (χ4v) is 2.08. The van der Waals surface area contributed by atoms with Crippen molar-refractivity contribution in [3.05, 3.63) is 40.6 Å². The van der Waals surface area contributed by atoms with Crippen molar-refractivity contribution in [2.24, 2.45) is 7.05 Å². The largest absolute Gasteiger partial charge is 0.497 e. The van der Waals surface area contributed by atoms with Crippen LogP contribution in [0, 0.1) is 0 Å². The van der Waals surface area contributed by atoms with Crippen LogP contribution in [0.1, 0.15) is 10.5 Å². The summed E-state index contributed by atoms with van der Waals surface area (Å²) in [6.07, 6.45) is 1.69. The highest BCUT2D eigenvalue weighted by molar-refractivity contribution is 9.10. The Hall–Kier alpha value is -1.95. The molecular formula is C13H14BrN3O2. The van der Waals surface area contributed by atoms with Gasteiger partial charge in [0, 0.05) is 23.8 Å². The molecule has 5 nitrogen and oxygen atoms in total. The molecule has 0 aliphatic rings. The number of aromatic nitrogens is 1. The Labute approximate surface area is 119 Å². The summed E-state index contributed by atoms with van der Waals surface area (Å²) in [7, 11) is 3.35. The number of carbonyl (C=O) groups is 1. The molecule has 19 heavy (non-hydrogen) atoms. The molecule has 0 saturated heterocycles. The van der Waals surface area contributed by atoms with Crippen molar-refractivity contribution in [2.45, 2.75) is 0 Å². The average Bonchev–Trinajstić information content (AvgIpc) is 2.71. The molecule has 0 aliphatic heterocycles. The van der Waals surface area contributed by atoms with Crippen LogP contribution in [0.3, 0.4) is 0 Å². The van der Waals surface area contributed by atoms with Crippen LogP contribution < -0.4 is 15.8 Å². The number of methoxy groups -OCH3 is 1. The summed E-state index contributed by atoms with van der Waals surface area (Å²) in [5, 5.41) is 2.81. The van der Waals surface area contributed by atoms with Gasteiger partial charge in [0.25, 0.3) is 5.91 Å². The molecule has 6 heteroatoms. The Bertz CT molecular complexity index is 622. The van der Waals surface area contributed by atoms with E-state index in [4.69, 9.17) is 10.5 Å². The average molecular weight is 324 g/mol. The van der Waals surface area contributed by atoms with Crippen molar-refractivity contribution in [3.8, 4) is 5.75 Å². The zero-order chi connectivity index (χ0) is 14.0. The Morgan fingerprint density at radius 1 is 1.42 bits per heavy atom. The maximum atomic E-state index is 12.2. The first kappa shape index (κ1) is 13.5. The van der Waals surface area contributed by atoms with Crippen LogP contribution in [-0.2, 0) is 7.05 Å². The predicted octanol–water partition coefficient (Wildman–Crippen LogP) is 2.63. The van der Waals surface area contributed by atoms with E-state index in [2.05, 4.69) is 21.2 Å². The van der Waals surface area contributed by atoms with Crippen LogP contribution in [0.15, 0.2) is 34.9 Å². The highest BCUT2D eigenvalue weighted by Crippen LogP contribution is 2.27. The van der Waals surface area contributed by atoms with Gasteiger partial charge in [0.15, 0.2) is 0 Å². The SMILES string of the molecule is COc1ccc(Br)c(NC(=O)c2cc(N)cn2C)c1. The van der Waals surface area contributed by atoms with E-state index in [0.29, 0.717) is 22.8 Å². The molecule has 100 valence electrons. The normalized spacial score (nSPS) is 10.3. The molecule has 0 fully saturated rings. The second-order valence-corrected chi connectivity index (χ2v) is 4.92. The minimum atomic E-state index is -0.229. The van der Waals surface area contributed by atoms with E-state index < -0.39 is 0 Å². The van der Waals surface area contributed by atoms with E-state index in [-0.39, 0.29) is 5.91 Å². The molecular weight excluding hydrogens is 310 g/mol.